The number of carbonyl (C=O) groups is 1. The van der Waals surface area contributed by atoms with Crippen molar-refractivity contribution in [2.45, 2.75) is 57.0 Å². The lowest BCUT2D eigenvalue weighted by molar-refractivity contribution is -0.143. The molecule has 1 aromatic heterocycles. The van der Waals surface area contributed by atoms with E-state index in [9.17, 15) is 31.1 Å². The van der Waals surface area contributed by atoms with Crippen molar-refractivity contribution in [1.82, 2.24) is 15.3 Å². The standard InChI is InChI=1S/C22H25F6N5O/c1-12-8-18(32-20(29-12)33(2)3)30-16-4-6-17(7-5-16)31-19(34)13-9-14(21(23,24)25)11-15(10-13)22(26,27)28/h8-11,16-17H,4-7H2,1-3H3,(H,31,34)(H,29,30,32). The molecule has 1 fully saturated rings. The van der Waals surface area contributed by atoms with Crippen molar-refractivity contribution in [3.05, 3.63) is 46.6 Å². The largest absolute Gasteiger partial charge is 0.416 e. The van der Waals surface area contributed by atoms with Gasteiger partial charge in [0, 0.05) is 43.5 Å². The van der Waals surface area contributed by atoms with Crippen molar-refractivity contribution >= 4 is 17.7 Å². The predicted molar refractivity (Wildman–Crippen MR) is 115 cm³/mol. The normalized spacial score (nSPS) is 19.0. The minimum Gasteiger partial charge on any atom is -0.367 e. The Hall–Kier alpha value is -3.05. The number of halogens is 6. The molecule has 0 atom stereocenters. The zero-order valence-corrected chi connectivity index (χ0v) is 18.8. The van der Waals surface area contributed by atoms with E-state index in [-0.39, 0.29) is 18.2 Å². The lowest BCUT2D eigenvalue weighted by Crippen LogP contribution is -2.40. The molecule has 1 amide bonds. The summed E-state index contributed by atoms with van der Waals surface area (Å²) in [6, 6.07) is 2.40. The predicted octanol–water partition coefficient (Wildman–Crippen LogP) is 5.04. The second-order valence-electron chi connectivity index (χ2n) is 8.55. The van der Waals surface area contributed by atoms with E-state index < -0.39 is 35.0 Å². The first-order chi connectivity index (χ1) is 15.7. The van der Waals surface area contributed by atoms with E-state index in [0.29, 0.717) is 49.6 Å². The molecule has 34 heavy (non-hydrogen) atoms. The molecule has 0 saturated heterocycles. The van der Waals surface area contributed by atoms with E-state index in [2.05, 4.69) is 20.6 Å². The van der Waals surface area contributed by atoms with Crippen molar-refractivity contribution in [2.75, 3.05) is 24.3 Å². The molecular weight excluding hydrogens is 464 g/mol. The number of carbonyl (C=O) groups excluding carboxylic acids is 1. The molecule has 1 saturated carbocycles. The lowest BCUT2D eigenvalue weighted by Gasteiger charge is -2.30. The summed E-state index contributed by atoms with van der Waals surface area (Å²) < 4.78 is 78.3. The van der Waals surface area contributed by atoms with Crippen LogP contribution >= 0.6 is 0 Å². The first kappa shape index (κ1) is 25.6. The van der Waals surface area contributed by atoms with Crippen LogP contribution in [-0.2, 0) is 12.4 Å². The van der Waals surface area contributed by atoms with E-state index in [0.717, 1.165) is 5.69 Å². The van der Waals surface area contributed by atoms with Gasteiger partial charge in [-0.2, -0.15) is 31.3 Å². The minimum absolute atomic E-state index is 0.00419. The Morgan fingerprint density at radius 1 is 0.882 bits per heavy atom. The summed E-state index contributed by atoms with van der Waals surface area (Å²) in [6.45, 7) is 1.85. The van der Waals surface area contributed by atoms with Gasteiger partial charge in [0.1, 0.15) is 5.82 Å². The summed E-state index contributed by atoms with van der Waals surface area (Å²) in [4.78, 5) is 23.0. The molecule has 0 bridgehead atoms. The molecule has 0 unspecified atom stereocenters. The summed E-state index contributed by atoms with van der Waals surface area (Å²) in [5.74, 6) is 0.255. The van der Waals surface area contributed by atoms with Crippen LogP contribution in [0.4, 0.5) is 38.1 Å². The molecule has 1 aliphatic rings. The van der Waals surface area contributed by atoms with E-state index in [4.69, 9.17) is 0 Å². The van der Waals surface area contributed by atoms with Crippen molar-refractivity contribution in [1.29, 1.82) is 0 Å². The lowest BCUT2D eigenvalue weighted by atomic mass is 9.91. The average Bonchev–Trinajstić information content (AvgIpc) is 2.73. The molecule has 0 radical (unpaired) electrons. The van der Waals surface area contributed by atoms with Crippen LogP contribution in [0.5, 0.6) is 0 Å². The van der Waals surface area contributed by atoms with Gasteiger partial charge in [-0.05, 0) is 50.8 Å². The number of hydrogen-bond acceptors (Lipinski definition) is 5. The Balaban J connectivity index is 1.64. The summed E-state index contributed by atoms with van der Waals surface area (Å²) in [5, 5.41) is 5.91. The molecule has 2 N–H and O–H groups in total. The van der Waals surface area contributed by atoms with Crippen molar-refractivity contribution < 1.29 is 31.1 Å². The van der Waals surface area contributed by atoms with Gasteiger partial charge in [-0.1, -0.05) is 0 Å². The van der Waals surface area contributed by atoms with E-state index in [1.165, 1.54) is 0 Å². The highest BCUT2D eigenvalue weighted by Gasteiger charge is 2.37. The van der Waals surface area contributed by atoms with Crippen molar-refractivity contribution in [2.24, 2.45) is 0 Å². The number of benzene rings is 1. The number of anilines is 2. The van der Waals surface area contributed by atoms with Gasteiger partial charge in [-0.15, -0.1) is 0 Å². The number of aryl methyl sites for hydroxylation is 1. The van der Waals surface area contributed by atoms with E-state index in [1.807, 2.05) is 27.1 Å². The van der Waals surface area contributed by atoms with Crippen LogP contribution in [0.1, 0.15) is 52.9 Å². The number of rotatable bonds is 5. The highest BCUT2D eigenvalue weighted by atomic mass is 19.4. The summed E-state index contributed by atoms with van der Waals surface area (Å²) in [7, 11) is 3.66. The topological polar surface area (TPSA) is 70.2 Å². The van der Waals surface area contributed by atoms with Gasteiger partial charge in [0.05, 0.1) is 11.1 Å². The van der Waals surface area contributed by atoms with Gasteiger partial charge in [0.15, 0.2) is 0 Å². The number of aromatic nitrogens is 2. The third-order valence-electron chi connectivity index (χ3n) is 5.51. The van der Waals surface area contributed by atoms with Crippen LogP contribution in [-0.4, -0.2) is 42.1 Å². The monoisotopic (exact) mass is 489 g/mol. The molecule has 186 valence electrons. The maximum Gasteiger partial charge on any atom is 0.416 e. The zero-order valence-electron chi connectivity index (χ0n) is 18.8. The molecule has 1 aliphatic carbocycles. The molecule has 2 aromatic rings. The van der Waals surface area contributed by atoms with E-state index >= 15 is 0 Å². The van der Waals surface area contributed by atoms with Gasteiger partial charge >= 0.3 is 12.4 Å². The number of nitrogens with zero attached hydrogens (tertiary/aromatic N) is 3. The molecule has 1 aromatic carbocycles. The minimum atomic E-state index is -5.01. The Labute approximate surface area is 192 Å². The smallest absolute Gasteiger partial charge is 0.367 e. The van der Waals surface area contributed by atoms with Gasteiger partial charge < -0.3 is 15.5 Å². The molecule has 12 heteroatoms. The third-order valence-corrected chi connectivity index (χ3v) is 5.51. The second-order valence-corrected chi connectivity index (χ2v) is 8.55. The third kappa shape index (κ3) is 6.51. The first-order valence-corrected chi connectivity index (χ1v) is 10.6. The van der Waals surface area contributed by atoms with Crippen LogP contribution in [0, 0.1) is 6.92 Å². The molecule has 0 aliphatic heterocycles. The van der Waals surface area contributed by atoms with Gasteiger partial charge in [0.25, 0.3) is 5.91 Å². The first-order valence-electron chi connectivity index (χ1n) is 10.6. The zero-order chi connectivity index (χ0) is 25.3. The van der Waals surface area contributed by atoms with Crippen LogP contribution < -0.4 is 15.5 Å². The fourth-order valence-electron chi connectivity index (χ4n) is 3.77. The molecular formula is C22H25F6N5O. The number of hydrogen-bond donors (Lipinski definition) is 2. The SMILES string of the molecule is Cc1cc(NC2CCC(NC(=O)c3cc(C(F)(F)F)cc(C(F)(F)F)c3)CC2)nc(N(C)C)n1. The molecule has 3 rings (SSSR count). The highest BCUT2D eigenvalue weighted by Crippen LogP contribution is 2.36. The molecule has 6 nitrogen and oxygen atoms in total. The highest BCUT2D eigenvalue weighted by molar-refractivity contribution is 5.94. The quantitative estimate of drug-likeness (QED) is 0.576. The van der Waals surface area contributed by atoms with Crippen LogP contribution in [0.2, 0.25) is 0 Å². The Morgan fingerprint density at radius 2 is 1.41 bits per heavy atom. The van der Waals surface area contributed by atoms with Crippen LogP contribution in [0.3, 0.4) is 0 Å². The van der Waals surface area contributed by atoms with Crippen molar-refractivity contribution in [3.63, 3.8) is 0 Å². The molecule has 0 spiro atoms. The fourth-order valence-corrected chi connectivity index (χ4v) is 3.77. The van der Waals surface area contributed by atoms with Gasteiger partial charge in [0.2, 0.25) is 5.95 Å². The molecule has 1 heterocycles. The Bertz CT molecular complexity index is 997. The fraction of sp³-hybridized carbons (Fsp3) is 0.500. The second kappa shape index (κ2) is 9.67. The average molecular weight is 489 g/mol. The van der Waals surface area contributed by atoms with Crippen LogP contribution in [0.25, 0.3) is 0 Å². The number of amides is 1. The summed E-state index contributed by atoms with van der Waals surface area (Å²) >= 11 is 0. The number of nitrogens with one attached hydrogen (secondary N) is 2. The summed E-state index contributed by atoms with van der Waals surface area (Å²) in [6.07, 6.45) is -7.71. The maximum atomic E-state index is 13.1. The van der Waals surface area contributed by atoms with Gasteiger partial charge in [-0.25, -0.2) is 4.98 Å². The van der Waals surface area contributed by atoms with Crippen molar-refractivity contribution in [3.8, 4) is 0 Å². The van der Waals surface area contributed by atoms with Crippen LogP contribution in [0.15, 0.2) is 24.3 Å². The summed E-state index contributed by atoms with van der Waals surface area (Å²) in [5.41, 5.74) is -2.91. The Morgan fingerprint density at radius 3 is 1.91 bits per heavy atom. The maximum absolute atomic E-state index is 13.1. The Kier molecular flexibility index (Phi) is 7.27. The van der Waals surface area contributed by atoms with Gasteiger partial charge in [-0.3, -0.25) is 4.79 Å². The van der Waals surface area contributed by atoms with E-state index in [1.54, 1.807) is 4.90 Å². The number of alkyl halides is 6.